The van der Waals surface area contributed by atoms with Crippen LogP contribution in [0.15, 0.2) is 12.3 Å². The molecular weight excluding hydrogens is 163 g/mol. The number of halogens is 2. The molecule has 0 aliphatic carbocycles. The van der Waals surface area contributed by atoms with Crippen molar-refractivity contribution < 1.29 is 4.79 Å². The van der Waals surface area contributed by atoms with E-state index in [9.17, 15) is 4.79 Å². The van der Waals surface area contributed by atoms with Crippen LogP contribution in [-0.2, 0) is 0 Å². The van der Waals surface area contributed by atoms with E-state index < -0.39 is 5.24 Å². The highest BCUT2D eigenvalue weighted by Crippen LogP contribution is 1.99. The predicted octanol–water partition coefficient (Wildman–Crippen LogP) is 1.26. The smallest absolute Gasteiger partial charge is 0.272 e. The number of rotatable bonds is 1. The summed E-state index contributed by atoms with van der Waals surface area (Å²) in [6.45, 7) is 0. The van der Waals surface area contributed by atoms with Gasteiger partial charge >= 0.3 is 0 Å². The fourth-order valence-electron chi connectivity index (χ4n) is 0.407. The van der Waals surface area contributed by atoms with Gasteiger partial charge in [0.25, 0.3) is 5.24 Å². The Balaban J connectivity index is 2.98. The van der Waals surface area contributed by atoms with Gasteiger partial charge in [0.15, 0.2) is 0 Å². The summed E-state index contributed by atoms with van der Waals surface area (Å²) in [6.07, 6.45) is 1.43. The first-order valence-corrected chi connectivity index (χ1v) is 2.83. The summed E-state index contributed by atoms with van der Waals surface area (Å²) in [6, 6.07) is 1.43. The summed E-state index contributed by atoms with van der Waals surface area (Å²) in [4.78, 5) is 10.3. The Morgan fingerprint density at radius 1 is 1.78 bits per heavy atom. The molecule has 3 nitrogen and oxygen atoms in total. The maximum Gasteiger partial charge on any atom is 0.272 e. The van der Waals surface area contributed by atoms with Crippen LogP contribution in [0.25, 0.3) is 0 Å². The molecule has 0 aliphatic heterocycles. The molecule has 0 radical (unpaired) electrons. The molecule has 48 valence electrons. The number of carbonyl (C=O) groups is 1. The highest BCUT2D eigenvalue weighted by Gasteiger charge is 2.03. The minimum Gasteiger partial charge on any atom is -0.274 e. The van der Waals surface area contributed by atoms with Gasteiger partial charge in [-0.05, 0) is 17.7 Å². The minimum atomic E-state index is -0.602. The Bertz CT molecular complexity index is 232. The molecule has 5 heteroatoms. The average Bonchev–Trinajstić information content (AvgIpc) is 2.14. The van der Waals surface area contributed by atoms with Crippen molar-refractivity contribution in [3.05, 3.63) is 18.0 Å². The summed E-state index contributed by atoms with van der Waals surface area (Å²) < 4.78 is 0.996. The molecule has 0 atom stereocenters. The fraction of sp³-hybridized carbons (Fsp3) is 0. The normalized spacial score (nSPS) is 9.56. The minimum absolute atomic E-state index is 0.159. The van der Waals surface area contributed by atoms with E-state index in [1.807, 2.05) is 0 Å². The molecule has 0 spiro atoms. The van der Waals surface area contributed by atoms with Crippen molar-refractivity contribution in [2.45, 2.75) is 0 Å². The first kappa shape index (κ1) is 6.58. The Morgan fingerprint density at radius 2 is 2.44 bits per heavy atom. The van der Waals surface area contributed by atoms with E-state index in [0.717, 1.165) is 4.20 Å². The largest absolute Gasteiger partial charge is 0.274 e. The molecule has 1 aromatic heterocycles. The highest BCUT2D eigenvalue weighted by atomic mass is 35.5. The van der Waals surface area contributed by atoms with E-state index in [4.69, 9.17) is 23.4 Å². The summed E-state index contributed by atoms with van der Waals surface area (Å²) in [5.41, 5.74) is 0.159. The van der Waals surface area contributed by atoms with E-state index in [0.29, 0.717) is 0 Å². The van der Waals surface area contributed by atoms with Crippen LogP contribution in [0.2, 0.25) is 0 Å². The molecule has 9 heavy (non-hydrogen) atoms. The average molecular weight is 165 g/mol. The molecule has 0 unspecified atom stereocenters. The van der Waals surface area contributed by atoms with Crippen LogP contribution < -0.4 is 0 Å². The molecule has 0 aliphatic rings. The molecular formula is C4H2Cl2N2O. The van der Waals surface area contributed by atoms with Gasteiger partial charge in [-0.15, -0.1) is 0 Å². The number of carbonyl (C=O) groups excluding carboxylic acids is 1. The van der Waals surface area contributed by atoms with Gasteiger partial charge in [0.2, 0.25) is 0 Å². The van der Waals surface area contributed by atoms with Crippen molar-refractivity contribution in [3.63, 3.8) is 0 Å². The van der Waals surface area contributed by atoms with E-state index in [1.54, 1.807) is 0 Å². The maximum atomic E-state index is 10.3. The van der Waals surface area contributed by atoms with Crippen LogP contribution in [0.3, 0.4) is 0 Å². The monoisotopic (exact) mass is 164 g/mol. The lowest BCUT2D eigenvalue weighted by atomic mass is 10.5. The van der Waals surface area contributed by atoms with Crippen LogP contribution in [0.4, 0.5) is 0 Å². The Hall–Kier alpha value is -0.540. The predicted molar refractivity (Wildman–Crippen MR) is 33.7 cm³/mol. The number of hydrogen-bond donors (Lipinski definition) is 0. The quantitative estimate of drug-likeness (QED) is 0.587. The summed E-state index contributed by atoms with van der Waals surface area (Å²) >= 11 is 10.3. The molecule has 0 saturated heterocycles. The molecule has 0 saturated carbocycles. The van der Waals surface area contributed by atoms with Crippen molar-refractivity contribution in [2.24, 2.45) is 0 Å². The number of hydrogen-bond acceptors (Lipinski definition) is 2. The Morgan fingerprint density at radius 3 is 2.67 bits per heavy atom. The van der Waals surface area contributed by atoms with Crippen LogP contribution >= 0.6 is 23.4 Å². The second-order valence-electron chi connectivity index (χ2n) is 1.36. The zero-order valence-electron chi connectivity index (χ0n) is 4.21. The summed E-state index contributed by atoms with van der Waals surface area (Å²) in [5, 5.41) is 2.91. The molecule has 1 aromatic rings. The van der Waals surface area contributed by atoms with Crippen LogP contribution in [0.5, 0.6) is 0 Å². The van der Waals surface area contributed by atoms with Gasteiger partial charge in [-0.2, -0.15) is 9.30 Å². The molecule has 0 aromatic carbocycles. The highest BCUT2D eigenvalue weighted by molar-refractivity contribution is 6.67. The molecule has 1 heterocycles. The van der Waals surface area contributed by atoms with Gasteiger partial charge in [-0.3, -0.25) is 4.79 Å². The van der Waals surface area contributed by atoms with Crippen LogP contribution in [0, 0.1) is 0 Å². The third kappa shape index (κ3) is 1.43. The second-order valence-corrected chi connectivity index (χ2v) is 2.05. The van der Waals surface area contributed by atoms with Gasteiger partial charge in [0.05, 0.1) is 0 Å². The lowest BCUT2D eigenvalue weighted by Gasteiger charge is -1.79. The lowest BCUT2D eigenvalue weighted by Crippen LogP contribution is -1.89. The molecule has 0 amide bonds. The van der Waals surface area contributed by atoms with E-state index in [2.05, 4.69) is 5.10 Å². The lowest BCUT2D eigenvalue weighted by molar-refractivity contribution is 0.107. The van der Waals surface area contributed by atoms with Crippen LogP contribution in [-0.4, -0.2) is 14.5 Å². The Kier molecular flexibility index (Phi) is 1.73. The van der Waals surface area contributed by atoms with Crippen molar-refractivity contribution >= 4 is 28.6 Å². The van der Waals surface area contributed by atoms with Gasteiger partial charge in [-0.1, -0.05) is 0 Å². The number of aromatic nitrogens is 2. The van der Waals surface area contributed by atoms with E-state index in [-0.39, 0.29) is 5.69 Å². The second kappa shape index (κ2) is 2.37. The van der Waals surface area contributed by atoms with Gasteiger partial charge in [0.1, 0.15) is 5.69 Å². The number of nitrogens with zero attached hydrogens (tertiary/aromatic N) is 2. The van der Waals surface area contributed by atoms with Gasteiger partial charge in [0, 0.05) is 18.0 Å². The summed E-state index contributed by atoms with van der Waals surface area (Å²) in [7, 11) is 0. The standard InChI is InChI=1S/C4H2Cl2N2O/c5-4(9)3-1-2-8(6)7-3/h1-2H. The third-order valence-corrected chi connectivity index (χ3v) is 1.14. The van der Waals surface area contributed by atoms with E-state index >= 15 is 0 Å². The fourth-order valence-corrected chi connectivity index (χ4v) is 0.645. The van der Waals surface area contributed by atoms with E-state index in [1.165, 1.54) is 12.3 Å². The topological polar surface area (TPSA) is 34.9 Å². The first-order chi connectivity index (χ1) is 4.20. The SMILES string of the molecule is O=C(Cl)c1ccn(Cl)n1. The maximum absolute atomic E-state index is 10.3. The van der Waals surface area contributed by atoms with Crippen LogP contribution in [0.1, 0.15) is 10.5 Å². The van der Waals surface area contributed by atoms with Crippen molar-refractivity contribution in [1.29, 1.82) is 0 Å². The van der Waals surface area contributed by atoms with Gasteiger partial charge in [-0.25, -0.2) is 0 Å². The molecule has 1 rings (SSSR count). The van der Waals surface area contributed by atoms with Gasteiger partial charge < -0.3 is 0 Å². The van der Waals surface area contributed by atoms with Crippen molar-refractivity contribution in [3.8, 4) is 0 Å². The molecule has 0 bridgehead atoms. The Labute approximate surface area is 61.3 Å². The third-order valence-electron chi connectivity index (χ3n) is 0.760. The summed E-state index contributed by atoms with van der Waals surface area (Å²) in [5.74, 6) is 0. The molecule has 0 N–H and O–H groups in total. The molecule has 0 fully saturated rings. The zero-order valence-corrected chi connectivity index (χ0v) is 5.73. The zero-order chi connectivity index (χ0) is 6.85. The van der Waals surface area contributed by atoms with Crippen molar-refractivity contribution in [2.75, 3.05) is 0 Å². The first-order valence-electron chi connectivity index (χ1n) is 2.12. The van der Waals surface area contributed by atoms with Crippen molar-refractivity contribution in [1.82, 2.24) is 9.30 Å².